The quantitative estimate of drug-likeness (QED) is 0.238. The normalized spacial score (nSPS) is 19.7. The van der Waals surface area contributed by atoms with E-state index in [-0.39, 0.29) is 5.97 Å². The third-order valence-electron chi connectivity index (χ3n) is 6.30. The number of rotatable bonds is 16. The van der Waals surface area contributed by atoms with E-state index in [1.165, 1.54) is 77.0 Å². The van der Waals surface area contributed by atoms with Crippen molar-refractivity contribution in [1.29, 1.82) is 0 Å². The van der Waals surface area contributed by atoms with E-state index in [1.807, 2.05) is 0 Å². The van der Waals surface area contributed by atoms with Crippen molar-refractivity contribution in [3.8, 4) is 0 Å². The summed E-state index contributed by atoms with van der Waals surface area (Å²) < 4.78 is 10.7. The standard InChI is InChI=1S/C24H43NO3/c1-3-4-5-6-7-8-9-10-11-12-13-14-17-22-23(20-28-24(22)26)25-18-15-16-21(25)19-27-2/h21H,3-20H2,1-2H3/t21-/m1/s1. The number of carbonyl (C=O) groups excluding carboxylic acids is 1. The van der Waals surface area contributed by atoms with Crippen molar-refractivity contribution in [1.82, 2.24) is 4.90 Å². The maximum Gasteiger partial charge on any atom is 0.336 e. The molecule has 1 saturated heterocycles. The number of hydrogen-bond donors (Lipinski definition) is 0. The molecule has 28 heavy (non-hydrogen) atoms. The van der Waals surface area contributed by atoms with Crippen LogP contribution < -0.4 is 0 Å². The molecule has 0 aromatic heterocycles. The highest BCUT2D eigenvalue weighted by molar-refractivity contribution is 5.91. The largest absolute Gasteiger partial charge is 0.456 e. The first-order valence-corrected chi connectivity index (χ1v) is 11.9. The molecule has 2 aliphatic heterocycles. The molecule has 0 bridgehead atoms. The first-order valence-electron chi connectivity index (χ1n) is 11.9. The van der Waals surface area contributed by atoms with Crippen LogP contribution in [-0.2, 0) is 14.3 Å². The monoisotopic (exact) mass is 393 g/mol. The second-order valence-electron chi connectivity index (χ2n) is 8.59. The highest BCUT2D eigenvalue weighted by Gasteiger charge is 2.34. The molecule has 0 unspecified atom stereocenters. The third-order valence-corrected chi connectivity index (χ3v) is 6.30. The lowest BCUT2D eigenvalue weighted by atomic mass is 10.0. The van der Waals surface area contributed by atoms with E-state index in [2.05, 4.69) is 11.8 Å². The van der Waals surface area contributed by atoms with Gasteiger partial charge in [0.15, 0.2) is 0 Å². The summed E-state index contributed by atoms with van der Waals surface area (Å²) in [5.41, 5.74) is 2.09. The first-order chi connectivity index (χ1) is 13.8. The number of hydrogen-bond acceptors (Lipinski definition) is 4. The zero-order valence-electron chi connectivity index (χ0n) is 18.5. The zero-order chi connectivity index (χ0) is 20.0. The van der Waals surface area contributed by atoms with Crippen molar-refractivity contribution in [3.63, 3.8) is 0 Å². The first kappa shape index (κ1) is 23.3. The van der Waals surface area contributed by atoms with Crippen molar-refractivity contribution in [2.24, 2.45) is 0 Å². The highest BCUT2D eigenvalue weighted by Crippen LogP contribution is 2.30. The van der Waals surface area contributed by atoms with Crippen molar-refractivity contribution in [2.45, 2.75) is 109 Å². The van der Waals surface area contributed by atoms with Crippen molar-refractivity contribution in [3.05, 3.63) is 11.3 Å². The molecule has 4 heteroatoms. The molecule has 4 nitrogen and oxygen atoms in total. The fourth-order valence-corrected chi connectivity index (χ4v) is 4.63. The van der Waals surface area contributed by atoms with Gasteiger partial charge in [-0.2, -0.15) is 0 Å². The molecule has 0 aromatic rings. The Hall–Kier alpha value is -1.03. The van der Waals surface area contributed by atoms with Crippen LogP contribution in [0.25, 0.3) is 0 Å². The minimum atomic E-state index is -0.0823. The number of esters is 1. The van der Waals surface area contributed by atoms with Crippen LogP contribution in [0.1, 0.15) is 103 Å². The molecule has 0 aliphatic carbocycles. The van der Waals surface area contributed by atoms with Crippen LogP contribution >= 0.6 is 0 Å². The number of ether oxygens (including phenoxy) is 2. The Bertz CT molecular complexity index is 474. The van der Waals surface area contributed by atoms with Crippen LogP contribution in [0, 0.1) is 0 Å². The number of unbranched alkanes of at least 4 members (excludes halogenated alkanes) is 11. The van der Waals surface area contributed by atoms with Gasteiger partial charge in [-0.1, -0.05) is 77.6 Å². The summed E-state index contributed by atoms with van der Waals surface area (Å²) in [6.45, 7) is 4.51. The Morgan fingerprint density at radius 3 is 2.18 bits per heavy atom. The summed E-state index contributed by atoms with van der Waals surface area (Å²) in [4.78, 5) is 14.6. The van der Waals surface area contributed by atoms with E-state index in [0.717, 1.165) is 43.7 Å². The Morgan fingerprint density at radius 2 is 1.57 bits per heavy atom. The number of carbonyl (C=O) groups is 1. The van der Waals surface area contributed by atoms with Crippen LogP contribution in [-0.4, -0.2) is 43.8 Å². The predicted molar refractivity (Wildman–Crippen MR) is 115 cm³/mol. The van der Waals surface area contributed by atoms with Crippen LogP contribution in [0.4, 0.5) is 0 Å². The molecule has 2 heterocycles. The number of methoxy groups -OCH3 is 1. The van der Waals surface area contributed by atoms with E-state index in [4.69, 9.17) is 9.47 Å². The van der Waals surface area contributed by atoms with E-state index < -0.39 is 0 Å². The smallest absolute Gasteiger partial charge is 0.336 e. The highest BCUT2D eigenvalue weighted by atomic mass is 16.5. The predicted octanol–water partition coefficient (Wildman–Crippen LogP) is 6.00. The van der Waals surface area contributed by atoms with E-state index in [9.17, 15) is 4.79 Å². The van der Waals surface area contributed by atoms with Crippen molar-refractivity contribution >= 4 is 5.97 Å². The van der Waals surface area contributed by atoms with Gasteiger partial charge in [-0.25, -0.2) is 4.79 Å². The van der Waals surface area contributed by atoms with Crippen LogP contribution in [0.5, 0.6) is 0 Å². The lowest BCUT2D eigenvalue weighted by molar-refractivity contribution is -0.136. The molecular weight excluding hydrogens is 350 g/mol. The van der Waals surface area contributed by atoms with Crippen molar-refractivity contribution < 1.29 is 14.3 Å². The van der Waals surface area contributed by atoms with Gasteiger partial charge in [-0.05, 0) is 25.7 Å². The van der Waals surface area contributed by atoms with Gasteiger partial charge >= 0.3 is 5.97 Å². The molecule has 162 valence electrons. The van der Waals surface area contributed by atoms with E-state index in [1.54, 1.807) is 7.11 Å². The Kier molecular flexibility index (Phi) is 11.7. The van der Waals surface area contributed by atoms with E-state index >= 15 is 0 Å². The fourth-order valence-electron chi connectivity index (χ4n) is 4.63. The van der Waals surface area contributed by atoms with E-state index in [0.29, 0.717) is 12.6 Å². The summed E-state index contributed by atoms with van der Waals surface area (Å²) in [7, 11) is 1.76. The summed E-state index contributed by atoms with van der Waals surface area (Å²) in [6, 6.07) is 0.409. The SMILES string of the molecule is CCCCCCCCCCCCCCC1=C(N2CCC[C@@H]2COC)COC1=O. The Labute approximate surface area is 173 Å². The van der Waals surface area contributed by atoms with Gasteiger partial charge in [0.05, 0.1) is 23.9 Å². The second kappa shape index (κ2) is 14.0. The average Bonchev–Trinajstić information content (AvgIpc) is 3.29. The summed E-state index contributed by atoms with van der Waals surface area (Å²) in [6.07, 6.45) is 19.3. The Morgan fingerprint density at radius 1 is 0.964 bits per heavy atom. The molecule has 0 N–H and O–H groups in total. The molecular formula is C24H43NO3. The third kappa shape index (κ3) is 7.77. The van der Waals surface area contributed by atoms with Gasteiger partial charge in [0, 0.05) is 13.7 Å². The minimum absolute atomic E-state index is 0.0823. The van der Waals surface area contributed by atoms with Gasteiger partial charge < -0.3 is 14.4 Å². The summed E-state index contributed by atoms with van der Waals surface area (Å²) >= 11 is 0. The van der Waals surface area contributed by atoms with Gasteiger partial charge in [0.25, 0.3) is 0 Å². The van der Waals surface area contributed by atoms with Gasteiger partial charge in [0.1, 0.15) is 6.61 Å². The molecule has 0 saturated carbocycles. The van der Waals surface area contributed by atoms with Gasteiger partial charge in [-0.3, -0.25) is 0 Å². The topological polar surface area (TPSA) is 38.8 Å². The second-order valence-corrected chi connectivity index (χ2v) is 8.59. The lowest BCUT2D eigenvalue weighted by Gasteiger charge is -2.27. The lowest BCUT2D eigenvalue weighted by Crippen LogP contribution is -2.33. The number of cyclic esters (lactones) is 1. The number of nitrogens with zero attached hydrogens (tertiary/aromatic N) is 1. The fraction of sp³-hybridized carbons (Fsp3) is 0.875. The molecule has 2 aliphatic rings. The van der Waals surface area contributed by atoms with Gasteiger partial charge in [-0.15, -0.1) is 0 Å². The summed E-state index contributed by atoms with van der Waals surface area (Å²) in [5, 5.41) is 0. The summed E-state index contributed by atoms with van der Waals surface area (Å²) in [5.74, 6) is -0.0823. The molecule has 1 atom stereocenters. The van der Waals surface area contributed by atoms with Crippen LogP contribution in [0.15, 0.2) is 11.3 Å². The molecule has 2 rings (SSSR count). The molecule has 0 amide bonds. The minimum Gasteiger partial charge on any atom is -0.456 e. The maximum absolute atomic E-state index is 12.2. The molecule has 0 aromatic carbocycles. The van der Waals surface area contributed by atoms with Crippen LogP contribution in [0.3, 0.4) is 0 Å². The maximum atomic E-state index is 12.2. The number of likely N-dealkylation sites (tertiary alicyclic amines) is 1. The van der Waals surface area contributed by atoms with Gasteiger partial charge in [0.2, 0.25) is 0 Å². The molecule has 0 spiro atoms. The molecule has 0 radical (unpaired) electrons. The molecule has 1 fully saturated rings. The Balaban J connectivity index is 1.59. The van der Waals surface area contributed by atoms with Crippen molar-refractivity contribution in [2.75, 3.05) is 26.9 Å². The zero-order valence-corrected chi connectivity index (χ0v) is 18.5. The average molecular weight is 394 g/mol. The van der Waals surface area contributed by atoms with Crippen LogP contribution in [0.2, 0.25) is 0 Å².